The van der Waals surface area contributed by atoms with Crippen molar-refractivity contribution in [1.82, 2.24) is 19.9 Å². The molecule has 7 nitrogen and oxygen atoms in total. The van der Waals surface area contributed by atoms with Gasteiger partial charge in [-0.05, 0) is 49.3 Å². The number of thioether (sulfide) groups is 1. The minimum atomic E-state index is -0.140. The molecule has 0 spiro atoms. The quantitative estimate of drug-likeness (QED) is 0.681. The summed E-state index contributed by atoms with van der Waals surface area (Å²) in [6, 6.07) is 3.69. The van der Waals surface area contributed by atoms with Crippen LogP contribution in [0.5, 0.6) is 0 Å². The van der Waals surface area contributed by atoms with Gasteiger partial charge in [0, 0.05) is 38.8 Å². The zero-order chi connectivity index (χ0) is 19.9. The highest BCUT2D eigenvalue weighted by molar-refractivity contribution is 7.99. The third-order valence-electron chi connectivity index (χ3n) is 5.08. The number of aromatic nitrogens is 3. The maximum atomic E-state index is 12.7. The fourth-order valence-electron chi connectivity index (χ4n) is 3.48. The zero-order valence-corrected chi connectivity index (χ0v) is 17.5. The maximum absolute atomic E-state index is 12.7. The maximum Gasteiger partial charge on any atom is 0.294 e. The molecule has 0 aromatic carbocycles. The topological polar surface area (TPSA) is 80.1 Å². The highest BCUT2D eigenvalue weighted by atomic mass is 32.2. The van der Waals surface area contributed by atoms with Crippen LogP contribution in [0.15, 0.2) is 23.1 Å². The summed E-state index contributed by atoms with van der Waals surface area (Å²) in [7, 11) is 1.72. The molecule has 1 aliphatic rings. The van der Waals surface area contributed by atoms with Crippen LogP contribution in [-0.4, -0.2) is 51.6 Å². The molecule has 3 heterocycles. The lowest BCUT2D eigenvalue weighted by molar-refractivity contribution is -0.125. The highest BCUT2D eigenvalue weighted by Gasteiger charge is 2.27. The minimum Gasteiger partial charge on any atom is -0.356 e. The van der Waals surface area contributed by atoms with E-state index in [9.17, 15) is 9.59 Å². The minimum absolute atomic E-state index is 0.0190. The molecule has 8 heteroatoms. The van der Waals surface area contributed by atoms with Crippen molar-refractivity contribution in [2.24, 2.45) is 13.0 Å². The Kier molecular flexibility index (Phi) is 7.30. The third-order valence-corrected chi connectivity index (χ3v) is 6.36. The Labute approximate surface area is 169 Å². The molecule has 1 fully saturated rings. The number of nitrogens with zero attached hydrogens (tertiary/aromatic N) is 4. The Morgan fingerprint density at radius 1 is 1.32 bits per heavy atom. The van der Waals surface area contributed by atoms with Crippen molar-refractivity contribution >= 4 is 34.7 Å². The predicted molar refractivity (Wildman–Crippen MR) is 115 cm³/mol. The van der Waals surface area contributed by atoms with Gasteiger partial charge < -0.3 is 10.2 Å². The van der Waals surface area contributed by atoms with Crippen molar-refractivity contribution < 1.29 is 4.79 Å². The van der Waals surface area contributed by atoms with Gasteiger partial charge in [-0.3, -0.25) is 14.2 Å². The largest absolute Gasteiger partial charge is 0.356 e. The molecular formula is C20H29N5O2S. The second kappa shape index (κ2) is 9.91. The number of amides is 1. The number of piperidine rings is 1. The van der Waals surface area contributed by atoms with Crippen LogP contribution in [0.2, 0.25) is 0 Å². The van der Waals surface area contributed by atoms with Gasteiger partial charge in [0.05, 0.1) is 0 Å². The number of aryl methyl sites for hydroxylation is 1. The number of anilines is 1. The molecule has 0 saturated carbocycles. The molecule has 0 bridgehead atoms. The molecule has 152 valence electrons. The standard InChI is InChI=1S/C20H29N5O2S/c1-3-13-28-14-5-10-22-19(26)15-7-11-25(12-8-15)18-20(27)24(2)17-16(23-18)6-4-9-21-17/h4,6,9,15H,3,5,7-8,10-14H2,1-2H3,(H,22,26). The molecule has 1 saturated heterocycles. The van der Waals surface area contributed by atoms with E-state index in [4.69, 9.17) is 0 Å². The molecule has 0 atom stereocenters. The van der Waals surface area contributed by atoms with E-state index in [1.54, 1.807) is 17.8 Å². The summed E-state index contributed by atoms with van der Waals surface area (Å²) in [5.41, 5.74) is 1.15. The van der Waals surface area contributed by atoms with Gasteiger partial charge in [-0.2, -0.15) is 11.8 Å². The lowest BCUT2D eigenvalue weighted by Crippen LogP contribution is -2.43. The number of hydrogen-bond donors (Lipinski definition) is 1. The molecule has 2 aromatic heterocycles. The van der Waals surface area contributed by atoms with Gasteiger partial charge in [0.2, 0.25) is 5.91 Å². The van der Waals surface area contributed by atoms with E-state index in [1.807, 2.05) is 28.8 Å². The Hall–Kier alpha value is -2.09. The number of nitrogens with one attached hydrogen (secondary N) is 1. The van der Waals surface area contributed by atoms with Crippen molar-refractivity contribution in [1.29, 1.82) is 0 Å². The number of fused-ring (bicyclic) bond motifs is 1. The first kappa shape index (κ1) is 20.6. The Morgan fingerprint density at radius 3 is 2.86 bits per heavy atom. The van der Waals surface area contributed by atoms with Crippen molar-refractivity contribution in [2.45, 2.75) is 32.6 Å². The summed E-state index contributed by atoms with van der Waals surface area (Å²) >= 11 is 1.94. The first-order valence-electron chi connectivity index (χ1n) is 10.0. The predicted octanol–water partition coefficient (Wildman–Crippen LogP) is 2.19. The molecule has 1 aliphatic heterocycles. The van der Waals surface area contributed by atoms with E-state index in [0.29, 0.717) is 30.1 Å². The van der Waals surface area contributed by atoms with Crippen molar-refractivity contribution in [2.75, 3.05) is 36.0 Å². The third kappa shape index (κ3) is 4.84. The van der Waals surface area contributed by atoms with Gasteiger partial charge in [0.1, 0.15) is 5.52 Å². The normalized spacial score (nSPS) is 15.1. The van der Waals surface area contributed by atoms with Crippen LogP contribution in [0.3, 0.4) is 0 Å². The van der Waals surface area contributed by atoms with Crippen LogP contribution in [0.4, 0.5) is 5.82 Å². The second-order valence-electron chi connectivity index (χ2n) is 7.16. The van der Waals surface area contributed by atoms with Gasteiger partial charge in [-0.15, -0.1) is 0 Å². The van der Waals surface area contributed by atoms with Crippen molar-refractivity contribution in [3.8, 4) is 0 Å². The molecule has 3 rings (SSSR count). The summed E-state index contributed by atoms with van der Waals surface area (Å²) in [5, 5.41) is 3.07. The number of carbonyl (C=O) groups excluding carboxylic acids is 1. The average Bonchev–Trinajstić information content (AvgIpc) is 2.73. The number of hydrogen-bond acceptors (Lipinski definition) is 6. The molecule has 28 heavy (non-hydrogen) atoms. The Bertz CT molecular complexity index is 861. The summed E-state index contributed by atoms with van der Waals surface area (Å²) in [6.45, 7) is 4.26. The number of carbonyl (C=O) groups is 1. The molecule has 1 amide bonds. The molecule has 0 radical (unpaired) electrons. The monoisotopic (exact) mass is 403 g/mol. The van der Waals surface area contributed by atoms with Crippen molar-refractivity contribution in [3.05, 3.63) is 28.7 Å². The second-order valence-corrected chi connectivity index (χ2v) is 8.39. The fourth-order valence-corrected chi connectivity index (χ4v) is 4.32. The fraction of sp³-hybridized carbons (Fsp3) is 0.600. The molecule has 0 aliphatic carbocycles. The molecule has 2 aromatic rings. The Morgan fingerprint density at radius 2 is 2.11 bits per heavy atom. The van der Waals surface area contributed by atoms with E-state index in [0.717, 1.165) is 31.6 Å². The molecular weight excluding hydrogens is 374 g/mol. The van der Waals surface area contributed by atoms with Crippen LogP contribution < -0.4 is 15.8 Å². The first-order chi connectivity index (χ1) is 13.6. The van der Waals surface area contributed by atoms with Crippen LogP contribution in [0.25, 0.3) is 11.2 Å². The van der Waals surface area contributed by atoms with Crippen LogP contribution >= 0.6 is 11.8 Å². The lowest BCUT2D eigenvalue weighted by atomic mass is 9.96. The van der Waals surface area contributed by atoms with Gasteiger partial charge in [-0.1, -0.05) is 6.92 Å². The number of pyridine rings is 1. The van der Waals surface area contributed by atoms with Gasteiger partial charge >= 0.3 is 0 Å². The van der Waals surface area contributed by atoms with E-state index in [2.05, 4.69) is 22.2 Å². The van der Waals surface area contributed by atoms with Gasteiger partial charge in [0.25, 0.3) is 5.56 Å². The van der Waals surface area contributed by atoms with Crippen LogP contribution in [0.1, 0.15) is 32.6 Å². The molecule has 1 N–H and O–H groups in total. The van der Waals surface area contributed by atoms with Crippen LogP contribution in [-0.2, 0) is 11.8 Å². The van der Waals surface area contributed by atoms with Gasteiger partial charge in [-0.25, -0.2) is 9.97 Å². The number of rotatable bonds is 8. The summed E-state index contributed by atoms with van der Waals surface area (Å²) in [4.78, 5) is 35.9. The summed E-state index contributed by atoms with van der Waals surface area (Å²) in [5.74, 6) is 2.90. The van der Waals surface area contributed by atoms with E-state index < -0.39 is 0 Å². The van der Waals surface area contributed by atoms with E-state index >= 15 is 0 Å². The zero-order valence-electron chi connectivity index (χ0n) is 16.7. The van der Waals surface area contributed by atoms with Crippen molar-refractivity contribution in [3.63, 3.8) is 0 Å². The van der Waals surface area contributed by atoms with E-state index in [1.165, 1.54) is 12.2 Å². The SMILES string of the molecule is CCCSCCCNC(=O)C1CCN(c2nc3cccnc3n(C)c2=O)CC1. The summed E-state index contributed by atoms with van der Waals surface area (Å²) < 4.78 is 1.55. The Balaban J connectivity index is 1.54. The van der Waals surface area contributed by atoms with Gasteiger partial charge in [0.15, 0.2) is 11.5 Å². The first-order valence-corrected chi connectivity index (χ1v) is 11.2. The summed E-state index contributed by atoms with van der Waals surface area (Å²) in [6.07, 6.45) is 5.36. The smallest absolute Gasteiger partial charge is 0.294 e. The average molecular weight is 404 g/mol. The van der Waals surface area contributed by atoms with E-state index in [-0.39, 0.29) is 17.4 Å². The highest BCUT2D eigenvalue weighted by Crippen LogP contribution is 2.21. The lowest BCUT2D eigenvalue weighted by Gasteiger charge is -2.31. The van der Waals surface area contributed by atoms with Crippen LogP contribution in [0, 0.1) is 5.92 Å². The molecule has 0 unspecified atom stereocenters.